The lowest BCUT2D eigenvalue weighted by atomic mass is 9.87. The number of likely N-dealkylation sites (tertiary alicyclic amines) is 1. The summed E-state index contributed by atoms with van der Waals surface area (Å²) >= 11 is 0. The van der Waals surface area contributed by atoms with E-state index in [-0.39, 0.29) is 30.1 Å². The quantitative estimate of drug-likeness (QED) is 0.403. The summed E-state index contributed by atoms with van der Waals surface area (Å²) in [4.78, 5) is 7.26. The lowest BCUT2D eigenvalue weighted by Crippen LogP contribution is -2.41. The fourth-order valence-corrected chi connectivity index (χ4v) is 3.62. The van der Waals surface area contributed by atoms with Gasteiger partial charge in [0.1, 0.15) is 5.75 Å². The van der Waals surface area contributed by atoms with Crippen molar-refractivity contribution < 1.29 is 9.47 Å². The first-order chi connectivity index (χ1) is 12.1. The van der Waals surface area contributed by atoms with Crippen LogP contribution in [0.2, 0.25) is 0 Å². The van der Waals surface area contributed by atoms with Crippen molar-refractivity contribution in [1.82, 2.24) is 10.2 Å². The van der Waals surface area contributed by atoms with Gasteiger partial charge in [-0.3, -0.25) is 0 Å². The molecule has 0 radical (unpaired) electrons. The Labute approximate surface area is 174 Å². The van der Waals surface area contributed by atoms with Crippen LogP contribution in [0, 0.1) is 5.41 Å². The number of nitrogens with zero attached hydrogens (tertiary/aromatic N) is 2. The molecule has 1 aromatic rings. The van der Waals surface area contributed by atoms with Gasteiger partial charge in [0.05, 0.1) is 19.3 Å². The van der Waals surface area contributed by atoms with Crippen molar-refractivity contribution in [1.29, 1.82) is 0 Å². The number of rotatable bonds is 5. The average molecular weight is 473 g/mol. The summed E-state index contributed by atoms with van der Waals surface area (Å²) < 4.78 is 11.3. The molecule has 26 heavy (non-hydrogen) atoms. The second-order valence-electron chi connectivity index (χ2n) is 7.45. The molecule has 1 aromatic carbocycles. The summed E-state index contributed by atoms with van der Waals surface area (Å²) in [6.45, 7) is 11.7. The highest BCUT2D eigenvalue weighted by Crippen LogP contribution is 2.38. The van der Waals surface area contributed by atoms with Crippen molar-refractivity contribution in [3.05, 3.63) is 29.8 Å². The van der Waals surface area contributed by atoms with Crippen LogP contribution < -0.4 is 10.1 Å². The summed E-state index contributed by atoms with van der Waals surface area (Å²) in [5.41, 5.74) is 1.55. The number of nitrogens with one attached hydrogen (secondary N) is 1. The van der Waals surface area contributed by atoms with E-state index in [1.54, 1.807) is 0 Å². The van der Waals surface area contributed by atoms with Gasteiger partial charge in [-0.05, 0) is 51.3 Å². The maximum atomic E-state index is 5.70. The molecular formula is C20H32IN3O2. The van der Waals surface area contributed by atoms with Gasteiger partial charge >= 0.3 is 0 Å². The van der Waals surface area contributed by atoms with E-state index in [0.717, 1.165) is 44.6 Å². The van der Waals surface area contributed by atoms with Gasteiger partial charge in [-0.2, -0.15) is 0 Å². The monoisotopic (exact) mass is 473 g/mol. The Morgan fingerprint density at radius 1 is 1.31 bits per heavy atom. The van der Waals surface area contributed by atoms with E-state index in [1.165, 1.54) is 18.4 Å². The highest BCUT2D eigenvalue weighted by molar-refractivity contribution is 14.0. The van der Waals surface area contributed by atoms with Gasteiger partial charge in [0, 0.05) is 31.7 Å². The van der Waals surface area contributed by atoms with Crippen molar-refractivity contribution in [3.8, 4) is 5.75 Å². The number of benzene rings is 1. The van der Waals surface area contributed by atoms with Crippen molar-refractivity contribution >= 4 is 29.9 Å². The number of halogens is 1. The minimum Gasteiger partial charge on any atom is -0.491 e. The van der Waals surface area contributed by atoms with Crippen LogP contribution in [0.15, 0.2) is 29.3 Å². The Hall–Kier alpha value is -1.02. The molecule has 2 saturated heterocycles. The maximum absolute atomic E-state index is 5.70. The Morgan fingerprint density at radius 3 is 2.69 bits per heavy atom. The molecule has 146 valence electrons. The lowest BCUT2D eigenvalue weighted by Gasteiger charge is -2.25. The summed E-state index contributed by atoms with van der Waals surface area (Å²) in [5, 5.41) is 3.45. The summed E-state index contributed by atoms with van der Waals surface area (Å²) in [7, 11) is 0. The van der Waals surface area contributed by atoms with E-state index in [0.29, 0.717) is 12.0 Å². The predicted octanol–water partition coefficient (Wildman–Crippen LogP) is 3.67. The summed E-state index contributed by atoms with van der Waals surface area (Å²) in [5.74, 6) is 1.94. The minimum atomic E-state index is 0. The van der Waals surface area contributed by atoms with Crippen molar-refractivity contribution in [2.45, 2.75) is 46.3 Å². The number of ether oxygens (including phenoxy) is 2. The van der Waals surface area contributed by atoms with Gasteiger partial charge in [-0.25, -0.2) is 4.99 Å². The highest BCUT2D eigenvalue weighted by Gasteiger charge is 2.42. The van der Waals surface area contributed by atoms with Crippen molar-refractivity contribution in [2.75, 3.05) is 32.8 Å². The molecule has 2 fully saturated rings. The third-order valence-corrected chi connectivity index (χ3v) is 4.96. The van der Waals surface area contributed by atoms with Crippen LogP contribution in [0.5, 0.6) is 5.75 Å². The first kappa shape index (κ1) is 21.3. The zero-order chi connectivity index (χ0) is 17.7. The van der Waals surface area contributed by atoms with Crippen LogP contribution in [0.3, 0.4) is 0 Å². The van der Waals surface area contributed by atoms with Crippen LogP contribution in [-0.4, -0.2) is 49.8 Å². The van der Waals surface area contributed by atoms with Crippen LogP contribution >= 0.6 is 24.0 Å². The van der Waals surface area contributed by atoms with E-state index in [4.69, 9.17) is 14.5 Å². The third-order valence-electron chi connectivity index (χ3n) is 4.96. The molecule has 1 N–H and O–H groups in total. The SMILES string of the molecule is CCNC(=NCc1ccc(OC(C)C)cc1)N1CCC2(CCOC2)C1.I. The van der Waals surface area contributed by atoms with Gasteiger partial charge in [0.25, 0.3) is 0 Å². The van der Waals surface area contributed by atoms with E-state index >= 15 is 0 Å². The molecule has 2 aliphatic rings. The van der Waals surface area contributed by atoms with Gasteiger partial charge in [0.15, 0.2) is 5.96 Å². The summed E-state index contributed by atoms with van der Waals surface area (Å²) in [6.07, 6.45) is 2.59. The first-order valence-corrected chi connectivity index (χ1v) is 9.47. The molecule has 0 saturated carbocycles. The Bertz CT molecular complexity index is 583. The molecule has 5 nitrogen and oxygen atoms in total. The van der Waals surface area contributed by atoms with E-state index in [2.05, 4.69) is 29.3 Å². The first-order valence-electron chi connectivity index (χ1n) is 9.47. The molecule has 0 bridgehead atoms. The molecular weight excluding hydrogens is 441 g/mol. The van der Waals surface area contributed by atoms with Crippen LogP contribution in [0.25, 0.3) is 0 Å². The molecule has 0 aromatic heterocycles. The smallest absolute Gasteiger partial charge is 0.194 e. The number of aliphatic imine (C=N–C) groups is 1. The Morgan fingerprint density at radius 2 is 2.08 bits per heavy atom. The molecule has 1 spiro atoms. The highest BCUT2D eigenvalue weighted by atomic mass is 127. The molecule has 0 aliphatic carbocycles. The predicted molar refractivity (Wildman–Crippen MR) is 116 cm³/mol. The number of hydrogen-bond donors (Lipinski definition) is 1. The second kappa shape index (κ2) is 9.78. The van der Waals surface area contributed by atoms with Crippen molar-refractivity contribution in [2.24, 2.45) is 10.4 Å². The van der Waals surface area contributed by atoms with E-state index in [1.807, 2.05) is 26.0 Å². The standard InChI is InChI=1S/C20H31N3O2.HI/c1-4-21-19(23-11-9-20(14-23)10-12-24-15-20)22-13-17-5-7-18(8-6-17)25-16(2)3;/h5-8,16H,4,9-15H2,1-3H3,(H,21,22);1H. The maximum Gasteiger partial charge on any atom is 0.194 e. The molecule has 1 atom stereocenters. The minimum absolute atomic E-state index is 0. The Kier molecular flexibility index (Phi) is 8.01. The molecule has 2 heterocycles. The van der Waals surface area contributed by atoms with Gasteiger partial charge in [-0.15, -0.1) is 24.0 Å². The van der Waals surface area contributed by atoms with Gasteiger partial charge in [0.2, 0.25) is 0 Å². The van der Waals surface area contributed by atoms with Crippen LogP contribution in [0.4, 0.5) is 0 Å². The van der Waals surface area contributed by atoms with E-state index in [9.17, 15) is 0 Å². The molecule has 0 amide bonds. The van der Waals surface area contributed by atoms with Gasteiger partial charge in [-0.1, -0.05) is 12.1 Å². The summed E-state index contributed by atoms with van der Waals surface area (Å²) in [6, 6.07) is 8.25. The largest absolute Gasteiger partial charge is 0.491 e. The molecule has 3 rings (SSSR count). The fraction of sp³-hybridized carbons (Fsp3) is 0.650. The normalized spacial score (nSPS) is 22.8. The molecule has 6 heteroatoms. The fourth-order valence-electron chi connectivity index (χ4n) is 3.62. The number of hydrogen-bond acceptors (Lipinski definition) is 3. The van der Waals surface area contributed by atoms with Crippen LogP contribution in [-0.2, 0) is 11.3 Å². The van der Waals surface area contributed by atoms with Crippen LogP contribution in [0.1, 0.15) is 39.2 Å². The zero-order valence-electron chi connectivity index (χ0n) is 16.2. The van der Waals surface area contributed by atoms with E-state index < -0.39 is 0 Å². The number of guanidine groups is 1. The molecule has 2 aliphatic heterocycles. The Balaban J connectivity index is 0.00000243. The average Bonchev–Trinajstić information content (AvgIpc) is 3.23. The second-order valence-corrected chi connectivity index (χ2v) is 7.45. The molecule has 1 unspecified atom stereocenters. The van der Waals surface area contributed by atoms with Crippen molar-refractivity contribution in [3.63, 3.8) is 0 Å². The zero-order valence-corrected chi connectivity index (χ0v) is 18.5. The topological polar surface area (TPSA) is 46.1 Å². The third kappa shape index (κ3) is 5.49. The lowest BCUT2D eigenvalue weighted by molar-refractivity contribution is 0.156. The van der Waals surface area contributed by atoms with Gasteiger partial charge < -0.3 is 19.7 Å².